The van der Waals surface area contributed by atoms with E-state index >= 15 is 0 Å². The number of aliphatic hydroxyl groups is 1. The van der Waals surface area contributed by atoms with Crippen molar-refractivity contribution >= 4 is 42.2 Å². The number of nitrogens with two attached hydrogens (primary N) is 2. The van der Waals surface area contributed by atoms with Crippen LogP contribution in [0.5, 0.6) is 0 Å². The number of carbonyl (C=O) groups excluding carboxylic acids is 4. The largest absolute Gasteiger partial charge is 0.480 e. The van der Waals surface area contributed by atoms with Crippen LogP contribution in [0.3, 0.4) is 0 Å². The molecule has 4 unspecified atom stereocenters. The van der Waals surface area contributed by atoms with Gasteiger partial charge in [-0.05, 0) is 6.42 Å². The molecule has 0 fully saturated rings. The number of imidazole rings is 1. The van der Waals surface area contributed by atoms with Gasteiger partial charge in [-0.2, -0.15) is 12.6 Å². The number of nitrogens with zero attached hydrogens (tertiary/aromatic N) is 1. The minimum absolute atomic E-state index is 0.0787. The highest BCUT2D eigenvalue weighted by atomic mass is 32.1. The first kappa shape index (κ1) is 26.9. The minimum atomic E-state index is -1.31. The second-order valence-electron chi connectivity index (χ2n) is 6.78. The van der Waals surface area contributed by atoms with E-state index in [2.05, 4.69) is 38.5 Å². The van der Waals surface area contributed by atoms with Gasteiger partial charge in [0.1, 0.15) is 24.2 Å². The molecule has 0 saturated heterocycles. The van der Waals surface area contributed by atoms with Gasteiger partial charge in [0, 0.05) is 30.5 Å². The number of aliphatic carboxylic acids is 1. The lowest BCUT2D eigenvalue weighted by Gasteiger charge is -2.24. The number of nitrogens with one attached hydrogen (secondary N) is 4. The molecule has 1 aromatic rings. The molecule has 178 valence electrons. The van der Waals surface area contributed by atoms with E-state index in [4.69, 9.17) is 16.6 Å². The normalized spacial score (nSPS) is 14.5. The molecule has 10 N–H and O–H groups in total. The fourth-order valence-corrected chi connectivity index (χ4v) is 2.73. The van der Waals surface area contributed by atoms with Gasteiger partial charge in [-0.15, -0.1) is 0 Å². The number of carboxylic acids is 1. The van der Waals surface area contributed by atoms with Crippen LogP contribution in [0.15, 0.2) is 12.5 Å². The van der Waals surface area contributed by atoms with Crippen molar-refractivity contribution in [1.29, 1.82) is 0 Å². The molecule has 15 heteroatoms. The highest BCUT2D eigenvalue weighted by Gasteiger charge is 2.30. The Kier molecular flexibility index (Phi) is 11.2. The van der Waals surface area contributed by atoms with Gasteiger partial charge in [0.25, 0.3) is 0 Å². The number of rotatable bonds is 14. The molecule has 1 aromatic heterocycles. The van der Waals surface area contributed by atoms with E-state index in [0.29, 0.717) is 5.69 Å². The van der Waals surface area contributed by atoms with Gasteiger partial charge >= 0.3 is 5.97 Å². The number of aromatic amines is 1. The Morgan fingerprint density at radius 1 is 1.06 bits per heavy atom. The van der Waals surface area contributed by atoms with Crippen LogP contribution in [-0.4, -0.2) is 86.3 Å². The topological polar surface area (TPSA) is 243 Å². The van der Waals surface area contributed by atoms with Crippen molar-refractivity contribution in [3.63, 3.8) is 0 Å². The zero-order valence-electron chi connectivity index (χ0n) is 17.0. The molecule has 0 radical (unpaired) electrons. The van der Waals surface area contributed by atoms with Crippen LogP contribution in [0.25, 0.3) is 0 Å². The SMILES string of the molecule is NC(=O)CCC(NC(=O)C(N)CO)C(=O)NC(CS)C(=O)NC(Cc1cnc[nH]1)C(=O)O. The Bertz CT molecular complexity index is 805. The molecule has 0 aliphatic rings. The molecule has 4 atom stereocenters. The molecule has 1 heterocycles. The Morgan fingerprint density at radius 3 is 2.16 bits per heavy atom. The maximum absolute atomic E-state index is 12.6. The molecule has 0 aromatic carbocycles. The maximum Gasteiger partial charge on any atom is 0.326 e. The molecule has 0 aliphatic carbocycles. The van der Waals surface area contributed by atoms with E-state index in [0.717, 1.165) is 0 Å². The number of H-pyrrole nitrogens is 1. The van der Waals surface area contributed by atoms with Crippen molar-refractivity contribution in [3.8, 4) is 0 Å². The summed E-state index contributed by atoms with van der Waals surface area (Å²) in [5, 5.41) is 25.3. The number of aromatic nitrogens is 2. The van der Waals surface area contributed by atoms with Gasteiger partial charge in [0.15, 0.2) is 0 Å². The Morgan fingerprint density at radius 2 is 1.66 bits per heavy atom. The summed E-state index contributed by atoms with van der Waals surface area (Å²) < 4.78 is 0. The Balaban J connectivity index is 2.84. The van der Waals surface area contributed by atoms with E-state index in [1.54, 1.807) is 0 Å². The Labute approximate surface area is 188 Å². The standard InChI is InChI=1S/C17H27N7O7S/c18-9(5-25)14(27)22-10(1-2-13(19)26)15(28)24-12(6-32)16(29)23-11(17(30)31)3-8-4-20-7-21-8/h4,7,9-12,25,32H,1-3,5-6,18H2,(H2,19,26)(H,20,21)(H,22,27)(H,23,29)(H,24,28)(H,30,31). The summed E-state index contributed by atoms with van der Waals surface area (Å²) in [5.74, 6) is -4.75. The second-order valence-corrected chi connectivity index (χ2v) is 7.14. The molecule has 0 spiro atoms. The zero-order chi connectivity index (χ0) is 24.3. The fraction of sp³-hybridized carbons (Fsp3) is 0.529. The van der Waals surface area contributed by atoms with Gasteiger partial charge in [0.2, 0.25) is 23.6 Å². The van der Waals surface area contributed by atoms with Gasteiger partial charge in [-0.25, -0.2) is 9.78 Å². The van der Waals surface area contributed by atoms with Gasteiger partial charge in [0.05, 0.1) is 12.9 Å². The third-order valence-electron chi connectivity index (χ3n) is 4.25. The van der Waals surface area contributed by atoms with Crippen molar-refractivity contribution in [1.82, 2.24) is 25.9 Å². The Hall–Kier alpha value is -3.17. The highest BCUT2D eigenvalue weighted by molar-refractivity contribution is 7.80. The summed E-state index contributed by atoms with van der Waals surface area (Å²) in [5.41, 5.74) is 11.0. The third-order valence-corrected chi connectivity index (χ3v) is 4.62. The fourth-order valence-electron chi connectivity index (χ4n) is 2.47. The summed E-state index contributed by atoms with van der Waals surface area (Å²) >= 11 is 4.01. The van der Waals surface area contributed by atoms with Crippen molar-refractivity contribution < 1.29 is 34.2 Å². The smallest absolute Gasteiger partial charge is 0.326 e. The summed E-state index contributed by atoms with van der Waals surface area (Å²) in [6, 6.07) is -5.16. The van der Waals surface area contributed by atoms with E-state index in [1.807, 2.05) is 0 Å². The van der Waals surface area contributed by atoms with Gasteiger partial charge in [-0.3, -0.25) is 19.2 Å². The molecule has 4 amide bonds. The number of thiol groups is 1. The predicted molar refractivity (Wildman–Crippen MR) is 113 cm³/mol. The predicted octanol–water partition coefficient (Wildman–Crippen LogP) is -3.99. The quantitative estimate of drug-likeness (QED) is 0.119. The van der Waals surface area contributed by atoms with Crippen molar-refractivity contribution in [2.24, 2.45) is 11.5 Å². The van der Waals surface area contributed by atoms with E-state index in [-0.39, 0.29) is 25.0 Å². The molecular weight excluding hydrogens is 446 g/mol. The number of hydrogen-bond acceptors (Lipinski definition) is 9. The van der Waals surface area contributed by atoms with Crippen molar-refractivity contribution in [3.05, 3.63) is 18.2 Å². The molecule has 32 heavy (non-hydrogen) atoms. The maximum atomic E-state index is 12.6. The van der Waals surface area contributed by atoms with Gasteiger partial charge in [-0.1, -0.05) is 0 Å². The van der Waals surface area contributed by atoms with Crippen LogP contribution in [0.1, 0.15) is 18.5 Å². The van der Waals surface area contributed by atoms with Crippen LogP contribution in [-0.2, 0) is 30.4 Å². The number of primary amides is 1. The van der Waals surface area contributed by atoms with Crippen molar-refractivity contribution in [2.75, 3.05) is 12.4 Å². The summed E-state index contributed by atoms with van der Waals surface area (Å²) in [6.07, 6.45) is 2.24. The van der Waals surface area contributed by atoms with E-state index in [1.165, 1.54) is 12.5 Å². The second kappa shape index (κ2) is 13.3. The number of hydrogen-bond donors (Lipinski definition) is 9. The van der Waals surface area contributed by atoms with Crippen LogP contribution in [0, 0.1) is 0 Å². The van der Waals surface area contributed by atoms with Crippen LogP contribution in [0.2, 0.25) is 0 Å². The molecule has 14 nitrogen and oxygen atoms in total. The first-order chi connectivity index (χ1) is 15.1. The number of carbonyl (C=O) groups is 5. The number of carboxylic acid groups (broad SMARTS) is 1. The monoisotopic (exact) mass is 473 g/mol. The van der Waals surface area contributed by atoms with E-state index < -0.39 is 60.4 Å². The molecular formula is C17H27N7O7S. The molecule has 0 saturated carbocycles. The zero-order valence-corrected chi connectivity index (χ0v) is 17.9. The minimum Gasteiger partial charge on any atom is -0.480 e. The molecule has 1 rings (SSSR count). The lowest BCUT2D eigenvalue weighted by molar-refractivity contribution is -0.142. The average Bonchev–Trinajstić information content (AvgIpc) is 3.26. The van der Waals surface area contributed by atoms with Crippen LogP contribution in [0.4, 0.5) is 0 Å². The van der Waals surface area contributed by atoms with E-state index in [9.17, 15) is 29.1 Å². The first-order valence-electron chi connectivity index (χ1n) is 9.45. The molecule has 0 bridgehead atoms. The lowest BCUT2D eigenvalue weighted by Crippen LogP contribution is -2.58. The summed E-state index contributed by atoms with van der Waals surface area (Å²) in [7, 11) is 0. The van der Waals surface area contributed by atoms with Crippen LogP contribution < -0.4 is 27.4 Å². The highest BCUT2D eigenvalue weighted by Crippen LogP contribution is 2.03. The average molecular weight is 474 g/mol. The number of aliphatic hydroxyl groups excluding tert-OH is 1. The lowest BCUT2D eigenvalue weighted by atomic mass is 10.1. The summed E-state index contributed by atoms with van der Waals surface area (Å²) in [4.78, 5) is 66.2. The van der Waals surface area contributed by atoms with Crippen molar-refractivity contribution in [2.45, 2.75) is 43.4 Å². The third kappa shape index (κ3) is 8.91. The molecule has 0 aliphatic heterocycles. The first-order valence-corrected chi connectivity index (χ1v) is 10.1. The number of amides is 4. The van der Waals surface area contributed by atoms with Crippen LogP contribution >= 0.6 is 12.6 Å². The summed E-state index contributed by atoms with van der Waals surface area (Å²) in [6.45, 7) is -0.676. The van der Waals surface area contributed by atoms with Gasteiger partial charge < -0.3 is 42.6 Å².